The lowest BCUT2D eigenvalue weighted by atomic mass is 9.92. The highest BCUT2D eigenvalue weighted by Crippen LogP contribution is 2.28. The van der Waals surface area contributed by atoms with Gasteiger partial charge < -0.3 is 20.3 Å². The SMILES string of the molecule is C=CCN(C(=O)C(NC(=O)OC(C)(C)C)C(C)CC)C(C(=O)NC1CCCCC1)c1ccccc1C. The van der Waals surface area contributed by atoms with E-state index in [1.165, 1.54) is 6.42 Å². The Kier molecular flexibility index (Phi) is 11.0. The van der Waals surface area contributed by atoms with Crippen molar-refractivity contribution in [1.82, 2.24) is 15.5 Å². The van der Waals surface area contributed by atoms with Crippen LogP contribution in [0, 0.1) is 12.8 Å². The van der Waals surface area contributed by atoms with Crippen LogP contribution in [0.1, 0.15) is 90.3 Å². The Labute approximate surface area is 217 Å². The zero-order valence-corrected chi connectivity index (χ0v) is 22.9. The number of nitrogens with one attached hydrogen (secondary N) is 2. The van der Waals surface area contributed by atoms with Crippen molar-refractivity contribution in [3.8, 4) is 0 Å². The summed E-state index contributed by atoms with van der Waals surface area (Å²) in [6.07, 6.45) is 6.88. The number of rotatable bonds is 10. The summed E-state index contributed by atoms with van der Waals surface area (Å²) in [7, 11) is 0. The molecule has 1 saturated carbocycles. The zero-order valence-electron chi connectivity index (χ0n) is 22.9. The molecule has 0 saturated heterocycles. The van der Waals surface area contributed by atoms with Crippen molar-refractivity contribution in [3.05, 3.63) is 48.0 Å². The second-order valence-corrected chi connectivity index (χ2v) is 10.9. The van der Waals surface area contributed by atoms with Crippen LogP contribution in [0.5, 0.6) is 0 Å². The summed E-state index contributed by atoms with van der Waals surface area (Å²) in [6.45, 7) is 15.2. The van der Waals surface area contributed by atoms with Crippen molar-refractivity contribution < 1.29 is 19.1 Å². The number of ether oxygens (including phenoxy) is 1. The van der Waals surface area contributed by atoms with E-state index >= 15 is 0 Å². The highest BCUT2D eigenvalue weighted by Gasteiger charge is 2.38. The van der Waals surface area contributed by atoms with Crippen molar-refractivity contribution in [2.45, 2.75) is 104 Å². The largest absolute Gasteiger partial charge is 0.444 e. The molecule has 3 unspecified atom stereocenters. The molecular formula is C29H45N3O4. The highest BCUT2D eigenvalue weighted by atomic mass is 16.6. The molecule has 1 aromatic carbocycles. The first-order chi connectivity index (χ1) is 17.0. The van der Waals surface area contributed by atoms with E-state index in [4.69, 9.17) is 4.74 Å². The Morgan fingerprint density at radius 2 is 1.81 bits per heavy atom. The van der Waals surface area contributed by atoms with Gasteiger partial charge in [0.1, 0.15) is 17.7 Å². The summed E-state index contributed by atoms with van der Waals surface area (Å²) in [4.78, 5) is 42.1. The topological polar surface area (TPSA) is 87.7 Å². The molecule has 1 aromatic rings. The summed E-state index contributed by atoms with van der Waals surface area (Å²) in [5.41, 5.74) is 0.988. The average Bonchev–Trinajstić information content (AvgIpc) is 2.82. The monoisotopic (exact) mass is 499 g/mol. The van der Waals surface area contributed by atoms with Crippen molar-refractivity contribution in [2.75, 3.05) is 6.54 Å². The fourth-order valence-corrected chi connectivity index (χ4v) is 4.63. The van der Waals surface area contributed by atoms with Crippen LogP contribution in [-0.4, -0.2) is 47.0 Å². The standard InChI is InChI=1S/C29H45N3O4/c1-8-19-32(27(34)24(20(3)9-2)31-28(35)36-29(5,6)7)25(23-18-14-13-15-21(23)4)26(33)30-22-16-11-10-12-17-22/h8,13-15,18,20,22,24-25H,1,9-12,16-17,19H2,2-7H3,(H,30,33)(H,31,35). The van der Waals surface area contributed by atoms with Crippen molar-refractivity contribution in [1.29, 1.82) is 0 Å². The molecule has 200 valence electrons. The van der Waals surface area contributed by atoms with E-state index in [1.54, 1.807) is 31.7 Å². The van der Waals surface area contributed by atoms with Crippen LogP contribution in [0.3, 0.4) is 0 Å². The summed E-state index contributed by atoms with van der Waals surface area (Å²) >= 11 is 0. The third-order valence-electron chi connectivity index (χ3n) is 6.75. The highest BCUT2D eigenvalue weighted by molar-refractivity contribution is 5.92. The molecule has 7 nitrogen and oxygen atoms in total. The third kappa shape index (κ3) is 8.38. The van der Waals surface area contributed by atoms with E-state index in [0.717, 1.165) is 36.8 Å². The Morgan fingerprint density at radius 3 is 2.36 bits per heavy atom. The first-order valence-corrected chi connectivity index (χ1v) is 13.2. The van der Waals surface area contributed by atoms with E-state index < -0.39 is 23.8 Å². The smallest absolute Gasteiger partial charge is 0.408 e. The van der Waals surface area contributed by atoms with E-state index in [2.05, 4.69) is 17.2 Å². The molecule has 0 aliphatic heterocycles. The Balaban J connectivity index is 2.45. The minimum Gasteiger partial charge on any atom is -0.444 e. The number of hydrogen-bond acceptors (Lipinski definition) is 4. The van der Waals surface area contributed by atoms with Crippen LogP contribution in [-0.2, 0) is 14.3 Å². The van der Waals surface area contributed by atoms with Crippen molar-refractivity contribution in [3.63, 3.8) is 0 Å². The number of aryl methyl sites for hydroxylation is 1. The first kappa shape index (κ1) is 29.4. The normalized spacial score (nSPS) is 16.8. The molecule has 7 heteroatoms. The van der Waals surface area contributed by atoms with Gasteiger partial charge in [-0.25, -0.2) is 4.79 Å². The number of carbonyl (C=O) groups excluding carboxylic acids is 3. The lowest BCUT2D eigenvalue weighted by Gasteiger charge is -2.37. The van der Waals surface area contributed by atoms with Crippen LogP contribution >= 0.6 is 0 Å². The lowest BCUT2D eigenvalue weighted by molar-refractivity contribution is -0.143. The second kappa shape index (κ2) is 13.5. The van der Waals surface area contributed by atoms with Gasteiger partial charge >= 0.3 is 6.09 Å². The van der Waals surface area contributed by atoms with Gasteiger partial charge in [0.15, 0.2) is 0 Å². The zero-order chi connectivity index (χ0) is 26.9. The maximum absolute atomic E-state index is 14.1. The van der Waals surface area contributed by atoms with Crippen molar-refractivity contribution >= 4 is 17.9 Å². The van der Waals surface area contributed by atoms with Gasteiger partial charge in [0.05, 0.1) is 0 Å². The molecule has 0 bridgehead atoms. The molecule has 0 radical (unpaired) electrons. The summed E-state index contributed by atoms with van der Waals surface area (Å²) in [5, 5.41) is 6.00. The van der Waals surface area contributed by atoms with E-state index in [9.17, 15) is 14.4 Å². The maximum Gasteiger partial charge on any atom is 0.408 e. The molecular weight excluding hydrogens is 454 g/mol. The molecule has 2 N–H and O–H groups in total. The first-order valence-electron chi connectivity index (χ1n) is 13.2. The Morgan fingerprint density at radius 1 is 1.17 bits per heavy atom. The van der Waals surface area contributed by atoms with Gasteiger partial charge in [-0.05, 0) is 57.6 Å². The van der Waals surface area contributed by atoms with E-state index in [-0.39, 0.29) is 30.3 Å². The Bertz CT molecular complexity index is 902. The number of carbonyl (C=O) groups is 3. The fourth-order valence-electron chi connectivity index (χ4n) is 4.63. The number of amides is 3. The summed E-state index contributed by atoms with van der Waals surface area (Å²) in [5.74, 6) is -0.704. The van der Waals surface area contributed by atoms with Crippen LogP contribution in [0.15, 0.2) is 36.9 Å². The molecule has 1 aliphatic rings. The van der Waals surface area contributed by atoms with Gasteiger partial charge in [-0.1, -0.05) is 69.9 Å². The molecule has 0 aromatic heterocycles. The number of nitrogens with zero attached hydrogens (tertiary/aromatic N) is 1. The van der Waals surface area contributed by atoms with Gasteiger partial charge in [-0.2, -0.15) is 0 Å². The number of hydrogen-bond donors (Lipinski definition) is 2. The van der Waals surface area contributed by atoms with Crippen LogP contribution in [0.2, 0.25) is 0 Å². The van der Waals surface area contributed by atoms with Gasteiger partial charge in [-0.3, -0.25) is 9.59 Å². The third-order valence-corrected chi connectivity index (χ3v) is 6.75. The van der Waals surface area contributed by atoms with Crippen molar-refractivity contribution in [2.24, 2.45) is 5.92 Å². The molecule has 0 heterocycles. The molecule has 3 amide bonds. The lowest BCUT2D eigenvalue weighted by Crippen LogP contribution is -2.55. The Hall–Kier alpha value is -2.83. The predicted molar refractivity (Wildman–Crippen MR) is 143 cm³/mol. The summed E-state index contributed by atoms with van der Waals surface area (Å²) < 4.78 is 5.44. The van der Waals surface area contributed by atoms with Gasteiger partial charge in [0, 0.05) is 12.6 Å². The second-order valence-electron chi connectivity index (χ2n) is 10.9. The molecule has 1 aliphatic carbocycles. The van der Waals surface area contributed by atoms with Crippen LogP contribution in [0.25, 0.3) is 0 Å². The molecule has 36 heavy (non-hydrogen) atoms. The minimum atomic E-state index is -0.848. The fraction of sp³-hybridized carbons (Fsp3) is 0.621. The minimum absolute atomic E-state index is 0.101. The van der Waals surface area contributed by atoms with Gasteiger partial charge in [0.25, 0.3) is 0 Å². The van der Waals surface area contributed by atoms with E-state index in [0.29, 0.717) is 6.42 Å². The number of benzene rings is 1. The number of alkyl carbamates (subject to hydrolysis) is 1. The molecule has 0 spiro atoms. The van der Waals surface area contributed by atoms with Gasteiger partial charge in [-0.15, -0.1) is 6.58 Å². The summed E-state index contributed by atoms with van der Waals surface area (Å²) in [6, 6.07) is 6.04. The quantitative estimate of drug-likeness (QED) is 0.420. The molecule has 1 fully saturated rings. The average molecular weight is 500 g/mol. The molecule has 3 atom stereocenters. The van der Waals surface area contributed by atoms with E-state index in [1.807, 2.05) is 45.0 Å². The maximum atomic E-state index is 14.1. The molecule has 2 rings (SSSR count). The van der Waals surface area contributed by atoms with Crippen LogP contribution < -0.4 is 10.6 Å². The van der Waals surface area contributed by atoms with Crippen LogP contribution in [0.4, 0.5) is 4.79 Å². The predicted octanol–water partition coefficient (Wildman–Crippen LogP) is 5.44. The van der Waals surface area contributed by atoms with Gasteiger partial charge in [0.2, 0.25) is 11.8 Å².